The number of aryl methyl sites for hydroxylation is 2. The van der Waals surface area contributed by atoms with E-state index >= 15 is 0 Å². The van der Waals surface area contributed by atoms with Crippen molar-refractivity contribution in [1.29, 1.82) is 0 Å². The van der Waals surface area contributed by atoms with Crippen LogP contribution in [-0.2, 0) is 13.0 Å². The van der Waals surface area contributed by atoms with Gasteiger partial charge in [0, 0.05) is 42.7 Å². The molecule has 0 saturated heterocycles. The van der Waals surface area contributed by atoms with Crippen molar-refractivity contribution >= 4 is 27.4 Å². The van der Waals surface area contributed by atoms with Gasteiger partial charge in [-0.05, 0) is 36.8 Å². The Kier molecular flexibility index (Phi) is 5.59. The first-order valence-electron chi connectivity index (χ1n) is 9.63. The molecule has 0 amide bonds. The molecule has 0 saturated carbocycles. The number of benzene rings is 1. The summed E-state index contributed by atoms with van der Waals surface area (Å²) < 4.78 is 3.40. The molecule has 28 heavy (non-hydrogen) atoms. The van der Waals surface area contributed by atoms with Crippen molar-refractivity contribution < 1.29 is 5.11 Å². The third-order valence-electron chi connectivity index (χ3n) is 5.25. The first kappa shape index (κ1) is 18.9. The topological polar surface area (TPSA) is 87.4 Å². The molecule has 2 unspecified atom stereocenters. The van der Waals surface area contributed by atoms with E-state index in [9.17, 15) is 5.11 Å². The molecule has 2 atom stereocenters. The van der Waals surface area contributed by atoms with Gasteiger partial charge in [-0.2, -0.15) is 0 Å². The molecule has 1 aromatic carbocycles. The standard InChI is InChI=1S/C20H26N6OS/c1-13-24-25-19-8-7-14(12-26(13)19)10-22-20(21-2)23-11-16(27)18-9-15-5-3-4-6-17(15)28-18/h3-6,9,14,16,27H,7-8,10-12H2,1-2H3,(H2,21,22,23). The van der Waals surface area contributed by atoms with Crippen molar-refractivity contribution in [2.75, 3.05) is 20.1 Å². The van der Waals surface area contributed by atoms with Crippen LogP contribution in [0.25, 0.3) is 10.1 Å². The molecule has 8 heteroatoms. The van der Waals surface area contributed by atoms with Gasteiger partial charge in [0.15, 0.2) is 5.96 Å². The Morgan fingerprint density at radius 2 is 2.21 bits per heavy atom. The Morgan fingerprint density at radius 1 is 1.36 bits per heavy atom. The van der Waals surface area contributed by atoms with Crippen molar-refractivity contribution in [3.8, 4) is 0 Å². The fourth-order valence-corrected chi connectivity index (χ4v) is 4.67. The summed E-state index contributed by atoms with van der Waals surface area (Å²) in [6.07, 6.45) is 1.49. The maximum absolute atomic E-state index is 10.5. The van der Waals surface area contributed by atoms with Gasteiger partial charge < -0.3 is 20.3 Å². The highest BCUT2D eigenvalue weighted by Crippen LogP contribution is 2.29. The summed E-state index contributed by atoms with van der Waals surface area (Å²) in [5.74, 6) is 3.29. The Balaban J connectivity index is 1.28. The Morgan fingerprint density at radius 3 is 3.04 bits per heavy atom. The van der Waals surface area contributed by atoms with Crippen LogP contribution in [-0.4, -0.2) is 46.0 Å². The zero-order valence-corrected chi connectivity index (χ0v) is 17.0. The van der Waals surface area contributed by atoms with Crippen molar-refractivity contribution in [3.05, 3.63) is 46.9 Å². The molecule has 0 fully saturated rings. The van der Waals surface area contributed by atoms with Gasteiger partial charge in [0.05, 0.1) is 0 Å². The molecule has 0 radical (unpaired) electrons. The molecule has 0 spiro atoms. The molecule has 2 aromatic heterocycles. The number of aliphatic imine (C=N–C) groups is 1. The molecule has 0 bridgehead atoms. The summed E-state index contributed by atoms with van der Waals surface area (Å²) in [4.78, 5) is 5.25. The second-order valence-electron chi connectivity index (χ2n) is 7.22. The number of guanidine groups is 1. The Bertz CT molecular complexity index is 945. The van der Waals surface area contributed by atoms with Crippen molar-refractivity contribution in [3.63, 3.8) is 0 Å². The summed E-state index contributed by atoms with van der Waals surface area (Å²) in [6.45, 7) is 4.19. The van der Waals surface area contributed by atoms with Gasteiger partial charge in [0.1, 0.15) is 17.8 Å². The van der Waals surface area contributed by atoms with Gasteiger partial charge in [-0.1, -0.05) is 18.2 Å². The normalized spacial score (nSPS) is 18.1. The minimum Gasteiger partial charge on any atom is -0.386 e. The van der Waals surface area contributed by atoms with Crippen LogP contribution in [0, 0.1) is 12.8 Å². The first-order chi connectivity index (χ1) is 13.6. The van der Waals surface area contributed by atoms with Gasteiger partial charge in [0.2, 0.25) is 0 Å². The summed E-state index contributed by atoms with van der Waals surface area (Å²) in [5, 5.41) is 26.7. The Hall–Kier alpha value is -2.45. The van der Waals surface area contributed by atoms with E-state index in [1.54, 1.807) is 18.4 Å². The zero-order valence-electron chi connectivity index (χ0n) is 16.2. The fourth-order valence-electron chi connectivity index (χ4n) is 3.62. The van der Waals surface area contributed by atoms with Crippen LogP contribution in [0.2, 0.25) is 0 Å². The molecule has 3 N–H and O–H groups in total. The van der Waals surface area contributed by atoms with Gasteiger partial charge in [-0.3, -0.25) is 4.99 Å². The lowest BCUT2D eigenvalue weighted by Crippen LogP contribution is -2.42. The number of hydrogen-bond acceptors (Lipinski definition) is 5. The number of rotatable bonds is 5. The molecule has 1 aliphatic heterocycles. The minimum atomic E-state index is -0.562. The summed E-state index contributed by atoms with van der Waals surface area (Å²) in [5.41, 5.74) is 0. The number of aromatic nitrogens is 3. The van der Waals surface area contributed by atoms with Crippen LogP contribution in [0.5, 0.6) is 0 Å². The minimum absolute atomic E-state index is 0.422. The summed E-state index contributed by atoms with van der Waals surface area (Å²) in [6, 6.07) is 10.3. The second kappa shape index (κ2) is 8.28. The number of aliphatic hydroxyl groups excluding tert-OH is 1. The van der Waals surface area contributed by atoms with Gasteiger partial charge in [-0.15, -0.1) is 21.5 Å². The molecule has 3 heterocycles. The maximum atomic E-state index is 10.5. The molecule has 1 aliphatic rings. The quantitative estimate of drug-likeness (QED) is 0.453. The first-order valence-corrected chi connectivity index (χ1v) is 10.5. The number of nitrogens with one attached hydrogen (secondary N) is 2. The maximum Gasteiger partial charge on any atom is 0.191 e. The molecule has 3 aromatic rings. The van der Waals surface area contributed by atoms with Gasteiger partial charge in [0.25, 0.3) is 0 Å². The van der Waals surface area contributed by atoms with Crippen LogP contribution in [0.1, 0.15) is 29.1 Å². The average Bonchev–Trinajstić information content (AvgIpc) is 3.31. The predicted molar refractivity (Wildman–Crippen MR) is 113 cm³/mol. The van der Waals surface area contributed by atoms with Crippen LogP contribution >= 0.6 is 11.3 Å². The molecule has 0 aliphatic carbocycles. The van der Waals surface area contributed by atoms with Crippen LogP contribution in [0.4, 0.5) is 0 Å². The van der Waals surface area contributed by atoms with Crippen LogP contribution in [0.15, 0.2) is 35.3 Å². The molecular formula is C20H26N6OS. The smallest absolute Gasteiger partial charge is 0.191 e. The number of fused-ring (bicyclic) bond motifs is 2. The Labute approximate surface area is 168 Å². The fraction of sp³-hybridized carbons (Fsp3) is 0.450. The predicted octanol–water partition coefficient (Wildman–Crippen LogP) is 2.26. The average molecular weight is 399 g/mol. The number of aliphatic hydroxyl groups is 1. The van der Waals surface area contributed by atoms with E-state index in [4.69, 9.17) is 0 Å². The monoisotopic (exact) mass is 398 g/mol. The molecule has 148 valence electrons. The van der Waals surface area contributed by atoms with E-state index in [1.807, 2.05) is 19.1 Å². The van der Waals surface area contributed by atoms with Crippen molar-refractivity contribution in [2.45, 2.75) is 32.4 Å². The van der Waals surface area contributed by atoms with Crippen LogP contribution < -0.4 is 10.6 Å². The summed E-state index contributed by atoms with van der Waals surface area (Å²) >= 11 is 1.63. The van der Waals surface area contributed by atoms with E-state index in [-0.39, 0.29) is 0 Å². The highest BCUT2D eigenvalue weighted by atomic mass is 32.1. The van der Waals surface area contributed by atoms with Crippen molar-refractivity contribution in [1.82, 2.24) is 25.4 Å². The number of thiophene rings is 1. The summed E-state index contributed by atoms with van der Waals surface area (Å²) in [7, 11) is 1.75. The third-order valence-corrected chi connectivity index (χ3v) is 6.46. The van der Waals surface area contributed by atoms with Crippen LogP contribution in [0.3, 0.4) is 0 Å². The molecule has 7 nitrogen and oxygen atoms in total. The zero-order chi connectivity index (χ0) is 19.5. The molecule has 4 rings (SSSR count). The van der Waals surface area contributed by atoms with Crippen molar-refractivity contribution in [2.24, 2.45) is 10.9 Å². The highest BCUT2D eigenvalue weighted by Gasteiger charge is 2.21. The molecular weight excluding hydrogens is 372 g/mol. The third kappa shape index (κ3) is 4.02. The lowest BCUT2D eigenvalue weighted by molar-refractivity contribution is 0.184. The second-order valence-corrected chi connectivity index (χ2v) is 8.33. The number of hydrogen-bond donors (Lipinski definition) is 3. The van der Waals surface area contributed by atoms with E-state index in [1.165, 1.54) is 10.1 Å². The van der Waals surface area contributed by atoms with Gasteiger partial charge >= 0.3 is 0 Å². The van der Waals surface area contributed by atoms with E-state index < -0.39 is 6.10 Å². The van der Waals surface area contributed by atoms with E-state index in [0.717, 1.165) is 42.5 Å². The SMILES string of the molecule is CN=C(NCC1CCc2nnc(C)n2C1)NCC(O)c1cc2ccccc2s1. The largest absolute Gasteiger partial charge is 0.386 e. The lowest BCUT2D eigenvalue weighted by Gasteiger charge is -2.25. The van der Waals surface area contributed by atoms with Gasteiger partial charge in [-0.25, -0.2) is 0 Å². The number of nitrogens with zero attached hydrogens (tertiary/aromatic N) is 4. The lowest BCUT2D eigenvalue weighted by atomic mass is 9.99. The highest BCUT2D eigenvalue weighted by molar-refractivity contribution is 7.19. The van der Waals surface area contributed by atoms with E-state index in [0.29, 0.717) is 18.4 Å². The van der Waals surface area contributed by atoms with E-state index in [2.05, 4.69) is 48.6 Å².